The van der Waals surface area contributed by atoms with Crippen molar-refractivity contribution in [3.63, 3.8) is 0 Å². The van der Waals surface area contributed by atoms with Crippen molar-refractivity contribution in [2.45, 2.75) is 13.3 Å². The molecule has 4 heteroatoms. The third kappa shape index (κ3) is 1.23. The molecule has 2 rings (SSSR count). The van der Waals surface area contributed by atoms with Crippen LogP contribution < -0.4 is 0 Å². The van der Waals surface area contributed by atoms with Crippen molar-refractivity contribution in [3.05, 3.63) is 28.9 Å². The Balaban J connectivity index is 2.63. The number of fused-ring (bicyclic) bond motifs is 1. The van der Waals surface area contributed by atoms with Crippen LogP contribution in [0.2, 0.25) is 0 Å². The van der Waals surface area contributed by atoms with E-state index in [1.807, 2.05) is 29.7 Å². The highest BCUT2D eigenvalue weighted by Crippen LogP contribution is 2.25. The average Bonchev–Trinajstić information content (AvgIpc) is 2.74. The van der Waals surface area contributed by atoms with E-state index >= 15 is 0 Å². The minimum absolute atomic E-state index is 0.240. The Kier molecular flexibility index (Phi) is 2.29. The predicted molar refractivity (Wildman–Crippen MR) is 56.0 cm³/mol. The second kappa shape index (κ2) is 3.46. The molecule has 2 aromatic rings. The Morgan fingerprint density at radius 3 is 3.07 bits per heavy atom. The molecule has 0 aromatic carbocycles. The third-order valence-corrected chi connectivity index (χ3v) is 3.32. The second-order valence-corrected chi connectivity index (χ2v) is 3.97. The van der Waals surface area contributed by atoms with Crippen LogP contribution in [0.4, 0.5) is 0 Å². The number of aryl methyl sites for hydroxylation is 1. The highest BCUT2D eigenvalue weighted by atomic mass is 32.1. The molecule has 3 nitrogen and oxygen atoms in total. The van der Waals surface area contributed by atoms with Crippen molar-refractivity contribution in [3.8, 4) is 0 Å². The van der Waals surface area contributed by atoms with Crippen LogP contribution in [-0.2, 0) is 11.2 Å². The number of carbonyl (C=O) groups excluding carboxylic acids is 1. The first-order chi connectivity index (χ1) is 6.77. The van der Waals surface area contributed by atoms with Crippen LogP contribution in [0, 0.1) is 0 Å². The molecule has 0 saturated heterocycles. The van der Waals surface area contributed by atoms with Crippen molar-refractivity contribution in [1.82, 2.24) is 4.40 Å². The largest absolute Gasteiger partial charge is 0.465 e. The molecule has 14 heavy (non-hydrogen) atoms. The first kappa shape index (κ1) is 9.27. The smallest absolute Gasteiger partial charge is 0.349 e. The van der Waals surface area contributed by atoms with Crippen molar-refractivity contribution >= 4 is 22.1 Å². The molecule has 0 aliphatic carbocycles. The minimum atomic E-state index is -0.240. The van der Waals surface area contributed by atoms with E-state index in [2.05, 4.69) is 0 Å². The van der Waals surface area contributed by atoms with Crippen molar-refractivity contribution in [2.24, 2.45) is 0 Å². The number of hydrogen-bond donors (Lipinski definition) is 0. The summed E-state index contributed by atoms with van der Waals surface area (Å²) in [6, 6.07) is 3.97. The fourth-order valence-corrected chi connectivity index (χ4v) is 2.68. The lowest BCUT2D eigenvalue weighted by atomic mass is 10.3. The van der Waals surface area contributed by atoms with Gasteiger partial charge in [0.15, 0.2) is 0 Å². The van der Waals surface area contributed by atoms with Crippen molar-refractivity contribution in [2.75, 3.05) is 7.11 Å². The number of aromatic nitrogens is 1. The molecular formula is C10H11NO2S. The first-order valence-electron chi connectivity index (χ1n) is 4.45. The van der Waals surface area contributed by atoms with Gasteiger partial charge in [0.05, 0.1) is 7.11 Å². The zero-order valence-corrected chi connectivity index (χ0v) is 8.93. The molecule has 0 atom stereocenters. The number of carbonyl (C=O) groups is 1. The summed E-state index contributed by atoms with van der Waals surface area (Å²) in [4.78, 5) is 13.2. The van der Waals surface area contributed by atoms with E-state index in [-0.39, 0.29) is 5.97 Å². The zero-order valence-electron chi connectivity index (χ0n) is 8.11. The highest BCUT2D eigenvalue weighted by molar-refractivity contribution is 7.19. The van der Waals surface area contributed by atoms with Crippen LogP contribution in [0.3, 0.4) is 0 Å². The summed E-state index contributed by atoms with van der Waals surface area (Å²) in [5, 5.41) is 0. The van der Waals surface area contributed by atoms with E-state index in [4.69, 9.17) is 4.74 Å². The number of rotatable bonds is 2. The van der Waals surface area contributed by atoms with Crippen LogP contribution >= 0.6 is 11.3 Å². The number of methoxy groups -OCH3 is 1. The normalized spacial score (nSPS) is 10.7. The Labute approximate surface area is 85.9 Å². The van der Waals surface area contributed by atoms with Gasteiger partial charge in [0.2, 0.25) is 0 Å². The topological polar surface area (TPSA) is 30.7 Å². The molecule has 0 amide bonds. The Bertz CT molecular complexity index is 469. The monoisotopic (exact) mass is 209 g/mol. The summed E-state index contributed by atoms with van der Waals surface area (Å²) >= 11 is 1.48. The Morgan fingerprint density at radius 1 is 1.64 bits per heavy atom. The fraction of sp³-hybridized carbons (Fsp3) is 0.300. The zero-order chi connectivity index (χ0) is 10.1. The average molecular weight is 209 g/mol. The highest BCUT2D eigenvalue weighted by Gasteiger charge is 2.16. The summed E-state index contributed by atoms with van der Waals surface area (Å²) in [5.74, 6) is -0.240. The van der Waals surface area contributed by atoms with Crippen LogP contribution in [0.15, 0.2) is 18.3 Å². The van der Waals surface area contributed by atoms with Gasteiger partial charge in [0.1, 0.15) is 9.71 Å². The maximum absolute atomic E-state index is 11.4. The van der Waals surface area contributed by atoms with Crippen LogP contribution in [0.5, 0.6) is 0 Å². The number of thiazole rings is 1. The maximum Gasteiger partial charge on any atom is 0.349 e. The van der Waals surface area contributed by atoms with Gasteiger partial charge in [0, 0.05) is 11.9 Å². The van der Waals surface area contributed by atoms with Crippen LogP contribution in [0.25, 0.3) is 4.83 Å². The first-order valence-corrected chi connectivity index (χ1v) is 5.26. The number of esters is 1. The third-order valence-electron chi connectivity index (χ3n) is 2.18. The molecular weight excluding hydrogens is 198 g/mol. The molecule has 2 aromatic heterocycles. The lowest BCUT2D eigenvalue weighted by molar-refractivity contribution is 0.0604. The standard InChI is InChI=1S/C10H11NO2S/c1-3-7-9(10(12)13-2)14-8-5-4-6-11(7)8/h4-6H,3H2,1-2H3. The lowest BCUT2D eigenvalue weighted by Gasteiger charge is -1.98. The van der Waals surface area contributed by atoms with Gasteiger partial charge in [-0.3, -0.25) is 0 Å². The van der Waals surface area contributed by atoms with Gasteiger partial charge in [0.25, 0.3) is 0 Å². The SMILES string of the molecule is CCc1c(C(=O)OC)sc2cccn12. The van der Waals surface area contributed by atoms with Crippen LogP contribution in [0.1, 0.15) is 22.3 Å². The summed E-state index contributed by atoms with van der Waals surface area (Å²) < 4.78 is 6.77. The van der Waals surface area contributed by atoms with E-state index in [1.54, 1.807) is 0 Å². The summed E-state index contributed by atoms with van der Waals surface area (Å²) in [6.45, 7) is 2.04. The molecule has 0 radical (unpaired) electrons. The summed E-state index contributed by atoms with van der Waals surface area (Å²) in [6.07, 6.45) is 2.80. The van der Waals surface area contributed by atoms with Gasteiger partial charge >= 0.3 is 5.97 Å². The van der Waals surface area contributed by atoms with E-state index in [0.29, 0.717) is 4.88 Å². The van der Waals surface area contributed by atoms with E-state index < -0.39 is 0 Å². The quantitative estimate of drug-likeness (QED) is 0.711. The van der Waals surface area contributed by atoms with Gasteiger partial charge in [-0.2, -0.15) is 0 Å². The molecule has 0 fully saturated rings. The maximum atomic E-state index is 11.4. The molecule has 2 heterocycles. The number of ether oxygens (including phenoxy) is 1. The molecule has 0 spiro atoms. The summed E-state index contributed by atoms with van der Waals surface area (Å²) in [5.41, 5.74) is 1.03. The van der Waals surface area contributed by atoms with Gasteiger partial charge in [-0.05, 0) is 18.6 Å². The fourth-order valence-electron chi connectivity index (χ4n) is 1.53. The second-order valence-electron chi connectivity index (χ2n) is 2.94. The molecule has 0 N–H and O–H groups in total. The molecule has 0 bridgehead atoms. The Morgan fingerprint density at radius 2 is 2.43 bits per heavy atom. The summed E-state index contributed by atoms with van der Waals surface area (Å²) in [7, 11) is 1.41. The number of nitrogens with zero attached hydrogens (tertiary/aromatic N) is 1. The lowest BCUT2D eigenvalue weighted by Crippen LogP contribution is -2.03. The van der Waals surface area contributed by atoms with Gasteiger partial charge in [-0.1, -0.05) is 6.92 Å². The van der Waals surface area contributed by atoms with Gasteiger partial charge < -0.3 is 9.14 Å². The van der Waals surface area contributed by atoms with Gasteiger partial charge in [-0.15, -0.1) is 11.3 Å². The predicted octanol–water partition coefficient (Wildman–Crippen LogP) is 2.35. The molecule has 0 aliphatic rings. The van der Waals surface area contributed by atoms with E-state index in [1.165, 1.54) is 18.4 Å². The minimum Gasteiger partial charge on any atom is -0.465 e. The number of hydrogen-bond acceptors (Lipinski definition) is 3. The van der Waals surface area contributed by atoms with E-state index in [0.717, 1.165) is 16.9 Å². The van der Waals surface area contributed by atoms with E-state index in [9.17, 15) is 4.79 Å². The Hall–Kier alpha value is -1.29. The molecule has 0 saturated carbocycles. The van der Waals surface area contributed by atoms with Gasteiger partial charge in [-0.25, -0.2) is 4.79 Å². The van der Waals surface area contributed by atoms with Crippen molar-refractivity contribution in [1.29, 1.82) is 0 Å². The molecule has 0 aliphatic heterocycles. The molecule has 74 valence electrons. The van der Waals surface area contributed by atoms with Crippen LogP contribution in [-0.4, -0.2) is 17.5 Å². The molecule has 0 unspecified atom stereocenters. The van der Waals surface area contributed by atoms with Crippen molar-refractivity contribution < 1.29 is 9.53 Å².